The average Bonchev–Trinajstić information content (AvgIpc) is 3.05. The summed E-state index contributed by atoms with van der Waals surface area (Å²) in [6.45, 7) is 0. The van der Waals surface area contributed by atoms with E-state index in [2.05, 4.69) is 5.16 Å². The first-order valence-corrected chi connectivity index (χ1v) is 6.75. The minimum absolute atomic E-state index is 0.106. The van der Waals surface area contributed by atoms with Gasteiger partial charge in [0.05, 0.1) is 5.39 Å². The Morgan fingerprint density at radius 1 is 1.05 bits per heavy atom. The van der Waals surface area contributed by atoms with Crippen molar-refractivity contribution in [3.05, 3.63) is 41.5 Å². The molecule has 0 saturated heterocycles. The zero-order chi connectivity index (χ0) is 14.6. The Balaban J connectivity index is 2.07. The van der Waals surface area contributed by atoms with Gasteiger partial charge in [0.1, 0.15) is 0 Å². The lowest BCUT2D eigenvalue weighted by atomic mass is 9.93. The van der Waals surface area contributed by atoms with Crippen LogP contribution in [0.2, 0.25) is 0 Å². The number of carbonyl (C=O) groups excluding carboxylic acids is 1. The van der Waals surface area contributed by atoms with Crippen molar-refractivity contribution in [3.8, 4) is 11.1 Å². The maximum absolute atomic E-state index is 12.0. The molecular formula is C16H13N3O2. The number of fused-ring (bicyclic) bond motifs is 2. The molecular weight excluding hydrogens is 266 g/mol. The molecule has 3 aromatic rings. The quantitative estimate of drug-likeness (QED) is 0.668. The van der Waals surface area contributed by atoms with Gasteiger partial charge in [-0.2, -0.15) is 0 Å². The number of carbonyl (C=O) groups is 1. The summed E-state index contributed by atoms with van der Waals surface area (Å²) in [5.74, 6) is 0.463. The number of aromatic nitrogens is 1. The fraction of sp³-hybridized carbons (Fsp3) is 0.125. The van der Waals surface area contributed by atoms with Gasteiger partial charge in [-0.3, -0.25) is 4.79 Å². The maximum atomic E-state index is 12.0. The van der Waals surface area contributed by atoms with Gasteiger partial charge < -0.3 is 16.0 Å². The van der Waals surface area contributed by atoms with Gasteiger partial charge in [0, 0.05) is 17.7 Å². The van der Waals surface area contributed by atoms with Gasteiger partial charge in [-0.25, -0.2) is 0 Å². The Morgan fingerprint density at radius 2 is 1.90 bits per heavy atom. The van der Waals surface area contributed by atoms with Gasteiger partial charge in [-0.15, -0.1) is 0 Å². The van der Waals surface area contributed by atoms with Gasteiger partial charge in [-0.05, 0) is 35.2 Å². The lowest BCUT2D eigenvalue weighted by molar-refractivity contribution is 0.0995. The molecule has 4 rings (SSSR count). The smallest absolute Gasteiger partial charge is 0.175 e. The largest absolute Gasteiger partial charge is 0.398 e. The van der Waals surface area contributed by atoms with Crippen LogP contribution in [0.4, 0.5) is 11.5 Å². The molecule has 1 aliphatic carbocycles. The molecule has 4 N–H and O–H groups in total. The first-order chi connectivity index (χ1) is 10.2. The highest BCUT2D eigenvalue weighted by Gasteiger charge is 2.26. The molecule has 5 nitrogen and oxygen atoms in total. The Hall–Kier alpha value is -2.82. The van der Waals surface area contributed by atoms with Crippen LogP contribution in [-0.2, 0) is 6.42 Å². The number of hydrogen-bond donors (Lipinski definition) is 2. The van der Waals surface area contributed by atoms with E-state index in [9.17, 15) is 4.79 Å². The van der Waals surface area contributed by atoms with Gasteiger partial charge in [-0.1, -0.05) is 23.4 Å². The Morgan fingerprint density at radius 3 is 2.76 bits per heavy atom. The van der Waals surface area contributed by atoms with Crippen LogP contribution in [0.15, 0.2) is 34.9 Å². The number of anilines is 2. The van der Waals surface area contributed by atoms with Gasteiger partial charge in [0.2, 0.25) is 0 Å². The Kier molecular flexibility index (Phi) is 2.33. The van der Waals surface area contributed by atoms with Crippen molar-refractivity contribution in [2.75, 3.05) is 11.5 Å². The summed E-state index contributed by atoms with van der Waals surface area (Å²) in [7, 11) is 0. The summed E-state index contributed by atoms with van der Waals surface area (Å²) in [5.41, 5.74) is 16.6. The summed E-state index contributed by atoms with van der Waals surface area (Å²) in [6.07, 6.45) is 1.21. The zero-order valence-corrected chi connectivity index (χ0v) is 11.2. The third-order valence-corrected chi connectivity index (χ3v) is 4.04. The Labute approximate surface area is 120 Å². The van der Waals surface area contributed by atoms with Crippen molar-refractivity contribution in [2.24, 2.45) is 0 Å². The van der Waals surface area contributed by atoms with Crippen molar-refractivity contribution in [3.63, 3.8) is 0 Å². The third-order valence-electron chi connectivity index (χ3n) is 4.04. The van der Waals surface area contributed by atoms with E-state index in [-0.39, 0.29) is 5.78 Å². The molecule has 2 aromatic carbocycles. The second kappa shape index (κ2) is 4.09. The zero-order valence-electron chi connectivity index (χ0n) is 11.2. The minimum Gasteiger partial charge on any atom is -0.398 e. The van der Waals surface area contributed by atoms with E-state index in [1.54, 1.807) is 6.07 Å². The first-order valence-electron chi connectivity index (χ1n) is 6.75. The summed E-state index contributed by atoms with van der Waals surface area (Å²) in [5, 5.41) is 4.60. The van der Waals surface area contributed by atoms with E-state index < -0.39 is 0 Å². The molecule has 0 amide bonds. The summed E-state index contributed by atoms with van der Waals surface area (Å²) < 4.78 is 5.21. The second-order valence-electron chi connectivity index (χ2n) is 5.23. The predicted molar refractivity (Wildman–Crippen MR) is 80.9 cm³/mol. The highest BCUT2D eigenvalue weighted by molar-refractivity contribution is 6.09. The summed E-state index contributed by atoms with van der Waals surface area (Å²) in [4.78, 5) is 12.0. The fourth-order valence-electron chi connectivity index (χ4n) is 3.11. The van der Waals surface area contributed by atoms with Gasteiger partial charge in [0.25, 0.3) is 0 Å². The second-order valence-corrected chi connectivity index (χ2v) is 5.23. The predicted octanol–water partition coefficient (Wildman–Crippen LogP) is 2.79. The van der Waals surface area contributed by atoms with E-state index >= 15 is 0 Å². The summed E-state index contributed by atoms with van der Waals surface area (Å²) >= 11 is 0. The molecule has 0 spiro atoms. The van der Waals surface area contributed by atoms with Gasteiger partial charge >= 0.3 is 0 Å². The van der Waals surface area contributed by atoms with Crippen molar-refractivity contribution in [1.29, 1.82) is 0 Å². The molecule has 1 heterocycles. The number of rotatable bonds is 1. The van der Waals surface area contributed by atoms with E-state index in [1.807, 2.05) is 24.3 Å². The topological polar surface area (TPSA) is 95.1 Å². The number of nitrogen functional groups attached to an aromatic ring is 2. The van der Waals surface area contributed by atoms with Crippen LogP contribution in [0.3, 0.4) is 0 Å². The van der Waals surface area contributed by atoms with Crippen LogP contribution in [0.25, 0.3) is 22.1 Å². The van der Waals surface area contributed by atoms with Gasteiger partial charge in [0.15, 0.2) is 17.2 Å². The molecule has 0 bridgehead atoms. The number of nitrogens with two attached hydrogens (primary N) is 2. The monoisotopic (exact) mass is 279 g/mol. The lowest BCUT2D eigenvalue weighted by Gasteiger charge is -2.11. The number of benzene rings is 2. The minimum atomic E-state index is 0.106. The standard InChI is InChI=1S/C16H13N3O2/c17-11-6-4-8(10-5-7-12(20)14(10)11)9-2-1-3-13-15(9)16(18)19-21-13/h1-4,6H,5,7,17H2,(H2,18,19). The van der Waals surface area contributed by atoms with Crippen LogP contribution < -0.4 is 11.5 Å². The lowest BCUT2D eigenvalue weighted by Crippen LogP contribution is -2.00. The van der Waals surface area contributed by atoms with Crippen LogP contribution in [0.5, 0.6) is 0 Å². The van der Waals surface area contributed by atoms with Crippen molar-refractivity contribution in [2.45, 2.75) is 12.8 Å². The number of Topliss-reactive ketones (excluding diaryl/α,β-unsaturated/α-hetero) is 1. The van der Waals surface area contributed by atoms with Crippen LogP contribution in [0.1, 0.15) is 22.3 Å². The molecule has 1 aromatic heterocycles. The Bertz CT molecular complexity index is 896. The molecule has 0 unspecified atom stereocenters. The number of nitrogens with zero attached hydrogens (tertiary/aromatic N) is 1. The SMILES string of the molecule is Nc1ccc(-c2cccc3onc(N)c23)c2c1C(=O)CC2. The van der Waals surface area contributed by atoms with Crippen molar-refractivity contribution in [1.82, 2.24) is 5.16 Å². The molecule has 0 saturated carbocycles. The maximum Gasteiger partial charge on any atom is 0.175 e. The van der Waals surface area contributed by atoms with Crippen LogP contribution in [0, 0.1) is 0 Å². The van der Waals surface area contributed by atoms with E-state index in [1.165, 1.54) is 0 Å². The molecule has 0 atom stereocenters. The van der Waals surface area contributed by atoms with Crippen molar-refractivity contribution >= 4 is 28.3 Å². The first kappa shape index (κ1) is 12.0. The third kappa shape index (κ3) is 1.57. The highest BCUT2D eigenvalue weighted by atomic mass is 16.5. The van der Waals surface area contributed by atoms with E-state index in [0.29, 0.717) is 35.5 Å². The van der Waals surface area contributed by atoms with E-state index in [4.69, 9.17) is 16.0 Å². The van der Waals surface area contributed by atoms with Crippen LogP contribution in [-0.4, -0.2) is 10.9 Å². The molecule has 5 heteroatoms. The highest BCUT2D eigenvalue weighted by Crippen LogP contribution is 2.39. The molecule has 0 aliphatic heterocycles. The molecule has 1 aliphatic rings. The average molecular weight is 279 g/mol. The normalized spacial score (nSPS) is 13.8. The number of hydrogen-bond acceptors (Lipinski definition) is 5. The van der Waals surface area contributed by atoms with Crippen molar-refractivity contribution < 1.29 is 9.32 Å². The fourth-order valence-corrected chi connectivity index (χ4v) is 3.11. The van der Waals surface area contributed by atoms with E-state index in [0.717, 1.165) is 22.1 Å². The molecule has 0 fully saturated rings. The molecule has 104 valence electrons. The van der Waals surface area contributed by atoms with Crippen LogP contribution >= 0.6 is 0 Å². The number of ketones is 1. The summed E-state index contributed by atoms with van der Waals surface area (Å²) in [6, 6.07) is 9.39. The molecule has 0 radical (unpaired) electrons. The molecule has 21 heavy (non-hydrogen) atoms.